The number of rotatable bonds is 1. The number of thiophene rings is 1. The molecule has 0 aliphatic heterocycles. The molecule has 0 aliphatic rings. The molecule has 1 aromatic heterocycles. The van der Waals surface area contributed by atoms with E-state index < -0.39 is 0 Å². The zero-order valence-corrected chi connectivity index (χ0v) is 8.93. The molecule has 0 saturated heterocycles. The molecule has 0 spiro atoms. The van der Waals surface area contributed by atoms with Gasteiger partial charge in [0.1, 0.15) is 0 Å². The predicted octanol–water partition coefficient (Wildman–Crippen LogP) is 3.41. The molecule has 1 N–H and O–H groups in total. The van der Waals surface area contributed by atoms with E-state index in [4.69, 9.17) is 5.21 Å². The lowest BCUT2D eigenvalue weighted by Crippen LogP contribution is -1.91. The molecule has 0 unspecified atom stereocenters. The molecule has 0 fully saturated rings. The first-order valence-corrected chi connectivity index (χ1v) is 5.23. The van der Waals surface area contributed by atoms with Crippen molar-refractivity contribution >= 4 is 27.1 Å². The van der Waals surface area contributed by atoms with E-state index >= 15 is 0 Å². The second kappa shape index (κ2) is 3.42. The molecule has 0 bridgehead atoms. The Morgan fingerprint density at radius 1 is 1.36 bits per heavy atom. The molecule has 0 aliphatic carbocycles. The number of fused-ring (bicyclic) bond motifs is 1. The number of benzene rings is 1. The summed E-state index contributed by atoms with van der Waals surface area (Å²) < 4.78 is 1.24. The Morgan fingerprint density at radius 3 is 2.71 bits per heavy atom. The van der Waals surface area contributed by atoms with E-state index in [0.717, 1.165) is 4.88 Å². The Kier molecular flexibility index (Phi) is 2.25. The SMILES string of the molecule is C/C(=N\O)c1sc2ccccc2c1C. The van der Waals surface area contributed by atoms with E-state index in [0.29, 0.717) is 5.71 Å². The molecule has 0 radical (unpaired) electrons. The van der Waals surface area contributed by atoms with Crippen molar-refractivity contribution in [2.75, 3.05) is 0 Å². The van der Waals surface area contributed by atoms with E-state index in [1.54, 1.807) is 11.3 Å². The highest BCUT2D eigenvalue weighted by Crippen LogP contribution is 2.30. The van der Waals surface area contributed by atoms with Gasteiger partial charge in [-0.25, -0.2) is 0 Å². The average Bonchev–Trinajstić information content (AvgIpc) is 2.56. The Morgan fingerprint density at radius 2 is 2.07 bits per heavy atom. The van der Waals surface area contributed by atoms with Crippen LogP contribution in [0, 0.1) is 6.92 Å². The van der Waals surface area contributed by atoms with Crippen molar-refractivity contribution in [2.45, 2.75) is 13.8 Å². The van der Waals surface area contributed by atoms with Gasteiger partial charge in [-0.05, 0) is 30.9 Å². The van der Waals surface area contributed by atoms with Gasteiger partial charge in [0.05, 0.1) is 10.6 Å². The number of aryl methyl sites for hydroxylation is 1. The first kappa shape index (κ1) is 9.21. The van der Waals surface area contributed by atoms with Gasteiger partial charge in [-0.1, -0.05) is 23.4 Å². The fraction of sp³-hybridized carbons (Fsp3) is 0.182. The molecule has 2 nitrogen and oxygen atoms in total. The summed E-state index contributed by atoms with van der Waals surface area (Å²) >= 11 is 1.67. The van der Waals surface area contributed by atoms with Crippen molar-refractivity contribution in [1.29, 1.82) is 0 Å². The van der Waals surface area contributed by atoms with Crippen LogP contribution in [0.25, 0.3) is 10.1 Å². The summed E-state index contributed by atoms with van der Waals surface area (Å²) in [7, 11) is 0. The van der Waals surface area contributed by atoms with Gasteiger partial charge in [0.25, 0.3) is 0 Å². The summed E-state index contributed by atoms with van der Waals surface area (Å²) in [6.45, 7) is 3.88. The summed E-state index contributed by atoms with van der Waals surface area (Å²) in [4.78, 5) is 1.06. The molecule has 0 saturated carbocycles. The van der Waals surface area contributed by atoms with Crippen LogP contribution >= 0.6 is 11.3 Å². The van der Waals surface area contributed by atoms with Crippen molar-refractivity contribution in [3.8, 4) is 0 Å². The Bertz CT molecular complexity index is 499. The third kappa shape index (κ3) is 1.30. The number of hydrogen-bond donors (Lipinski definition) is 1. The van der Waals surface area contributed by atoms with Crippen LogP contribution in [0.5, 0.6) is 0 Å². The molecular weight excluding hydrogens is 194 g/mol. The predicted molar refractivity (Wildman–Crippen MR) is 60.6 cm³/mol. The zero-order valence-electron chi connectivity index (χ0n) is 8.11. The third-order valence-electron chi connectivity index (χ3n) is 2.32. The molecule has 72 valence electrons. The van der Waals surface area contributed by atoms with Crippen LogP contribution in [-0.2, 0) is 0 Å². The molecule has 0 amide bonds. The minimum atomic E-state index is 0.684. The van der Waals surface area contributed by atoms with E-state index in [-0.39, 0.29) is 0 Å². The fourth-order valence-electron chi connectivity index (χ4n) is 1.56. The highest BCUT2D eigenvalue weighted by Gasteiger charge is 2.09. The van der Waals surface area contributed by atoms with Gasteiger partial charge < -0.3 is 5.21 Å². The van der Waals surface area contributed by atoms with Gasteiger partial charge in [0.15, 0.2) is 0 Å². The van der Waals surface area contributed by atoms with Gasteiger partial charge in [0, 0.05) is 4.70 Å². The summed E-state index contributed by atoms with van der Waals surface area (Å²) in [6, 6.07) is 8.22. The minimum absolute atomic E-state index is 0.684. The van der Waals surface area contributed by atoms with Gasteiger partial charge in [-0.3, -0.25) is 0 Å². The molecule has 3 heteroatoms. The largest absolute Gasteiger partial charge is 0.411 e. The lowest BCUT2D eigenvalue weighted by atomic mass is 10.1. The number of oxime groups is 1. The molecule has 1 aromatic carbocycles. The fourth-order valence-corrected chi connectivity index (χ4v) is 2.71. The molecule has 2 rings (SSSR count). The van der Waals surface area contributed by atoms with Gasteiger partial charge in [-0.2, -0.15) is 0 Å². The quantitative estimate of drug-likeness (QED) is 0.432. The van der Waals surface area contributed by atoms with Gasteiger partial charge in [0.2, 0.25) is 0 Å². The highest BCUT2D eigenvalue weighted by atomic mass is 32.1. The smallest absolute Gasteiger partial charge is 0.0939 e. The first-order chi connectivity index (χ1) is 6.74. The van der Waals surface area contributed by atoms with Crippen LogP contribution < -0.4 is 0 Å². The summed E-state index contributed by atoms with van der Waals surface area (Å²) in [6.07, 6.45) is 0. The van der Waals surface area contributed by atoms with Crippen molar-refractivity contribution in [3.05, 3.63) is 34.7 Å². The first-order valence-electron chi connectivity index (χ1n) is 4.41. The highest BCUT2D eigenvalue weighted by molar-refractivity contribution is 7.21. The zero-order chi connectivity index (χ0) is 10.1. The van der Waals surface area contributed by atoms with Crippen LogP contribution in [0.2, 0.25) is 0 Å². The standard InChI is InChI=1S/C11H11NOS/c1-7-9-5-3-4-6-10(9)14-11(7)8(2)12-13/h3-6,13H,1-2H3/b12-8+. The van der Waals surface area contributed by atoms with Crippen molar-refractivity contribution in [3.63, 3.8) is 0 Å². The van der Waals surface area contributed by atoms with E-state index in [2.05, 4.69) is 24.2 Å². The number of nitrogens with zero attached hydrogens (tertiary/aromatic N) is 1. The summed E-state index contributed by atoms with van der Waals surface area (Å²) in [5, 5.41) is 13.2. The lowest BCUT2D eigenvalue weighted by molar-refractivity contribution is 0.319. The maximum atomic E-state index is 8.73. The summed E-state index contributed by atoms with van der Waals surface area (Å²) in [5.41, 5.74) is 1.88. The van der Waals surface area contributed by atoms with Crippen LogP contribution in [0.3, 0.4) is 0 Å². The summed E-state index contributed by atoms with van der Waals surface area (Å²) in [5.74, 6) is 0. The topological polar surface area (TPSA) is 32.6 Å². The third-order valence-corrected chi connectivity index (χ3v) is 3.70. The van der Waals surface area contributed by atoms with E-state index in [1.165, 1.54) is 15.6 Å². The average molecular weight is 205 g/mol. The van der Waals surface area contributed by atoms with Crippen LogP contribution in [0.4, 0.5) is 0 Å². The van der Waals surface area contributed by atoms with Crippen LogP contribution in [-0.4, -0.2) is 10.9 Å². The van der Waals surface area contributed by atoms with Crippen LogP contribution in [0.15, 0.2) is 29.4 Å². The molecular formula is C11H11NOS. The van der Waals surface area contributed by atoms with Crippen molar-refractivity contribution in [1.82, 2.24) is 0 Å². The number of hydrogen-bond acceptors (Lipinski definition) is 3. The molecule has 1 heterocycles. The maximum Gasteiger partial charge on any atom is 0.0939 e. The second-order valence-corrected chi connectivity index (χ2v) is 4.29. The second-order valence-electron chi connectivity index (χ2n) is 3.24. The molecule has 2 aromatic rings. The Balaban J connectivity index is 2.75. The van der Waals surface area contributed by atoms with Crippen molar-refractivity contribution < 1.29 is 5.21 Å². The van der Waals surface area contributed by atoms with Gasteiger partial charge in [-0.15, -0.1) is 11.3 Å². The van der Waals surface area contributed by atoms with E-state index in [1.807, 2.05) is 19.1 Å². The monoisotopic (exact) mass is 205 g/mol. The van der Waals surface area contributed by atoms with Gasteiger partial charge >= 0.3 is 0 Å². The Labute approximate surface area is 86.5 Å². The van der Waals surface area contributed by atoms with Crippen LogP contribution in [0.1, 0.15) is 17.4 Å². The van der Waals surface area contributed by atoms with Crippen molar-refractivity contribution in [2.24, 2.45) is 5.16 Å². The van der Waals surface area contributed by atoms with E-state index in [9.17, 15) is 0 Å². The maximum absolute atomic E-state index is 8.73. The minimum Gasteiger partial charge on any atom is -0.411 e. The Hall–Kier alpha value is -1.35. The normalized spacial score (nSPS) is 12.3. The molecule has 14 heavy (non-hydrogen) atoms. The lowest BCUT2D eigenvalue weighted by Gasteiger charge is -1.94. The molecule has 0 atom stereocenters.